The van der Waals surface area contributed by atoms with E-state index in [0.717, 1.165) is 24.0 Å². The summed E-state index contributed by atoms with van der Waals surface area (Å²) in [5.41, 5.74) is 1.63. The van der Waals surface area contributed by atoms with Gasteiger partial charge in [-0.15, -0.1) is 0 Å². The Morgan fingerprint density at radius 2 is 1.81 bits per heavy atom. The molecule has 2 aliphatic rings. The average Bonchev–Trinajstić information content (AvgIpc) is 2.71. The first-order chi connectivity index (χ1) is 13.1. The molecular weight excluding hydrogens is 366 g/mol. The van der Waals surface area contributed by atoms with Crippen molar-refractivity contribution >= 4 is 17.5 Å². The summed E-state index contributed by atoms with van der Waals surface area (Å²) in [4.78, 5) is 15.0. The van der Waals surface area contributed by atoms with Gasteiger partial charge in [0.05, 0.1) is 29.3 Å². The molecule has 2 aromatic carbocycles. The largest absolute Gasteiger partial charge is 0.506 e. The van der Waals surface area contributed by atoms with E-state index in [9.17, 15) is 9.90 Å². The molecule has 4 rings (SSSR count). The third-order valence-corrected chi connectivity index (χ3v) is 5.63. The minimum Gasteiger partial charge on any atom is -0.506 e. The Balaban J connectivity index is 1.64. The smallest absolute Gasteiger partial charge is 0.257 e. The van der Waals surface area contributed by atoms with Crippen LogP contribution in [-0.4, -0.2) is 54.4 Å². The zero-order valence-electron chi connectivity index (χ0n) is 15.0. The fourth-order valence-electron chi connectivity index (χ4n) is 3.79. The molecule has 0 aliphatic carbocycles. The summed E-state index contributed by atoms with van der Waals surface area (Å²) in [7, 11) is 0. The number of hydrogen-bond acceptors (Lipinski definition) is 4. The predicted molar refractivity (Wildman–Crippen MR) is 103 cm³/mol. The lowest BCUT2D eigenvalue weighted by atomic mass is 9.91. The average molecular weight is 388 g/mol. The summed E-state index contributed by atoms with van der Waals surface area (Å²) >= 11 is 6.23. The molecule has 6 heteroatoms. The molecule has 0 unspecified atom stereocenters. The minimum atomic E-state index is -0.345. The van der Waals surface area contributed by atoms with Crippen molar-refractivity contribution in [3.05, 3.63) is 53.1 Å². The van der Waals surface area contributed by atoms with Crippen LogP contribution in [-0.2, 0) is 9.47 Å². The highest BCUT2D eigenvalue weighted by Gasteiger charge is 2.40. The number of rotatable bonds is 2. The van der Waals surface area contributed by atoms with E-state index in [2.05, 4.69) is 0 Å². The van der Waals surface area contributed by atoms with Crippen molar-refractivity contribution in [1.29, 1.82) is 0 Å². The summed E-state index contributed by atoms with van der Waals surface area (Å²) in [6.07, 6.45) is 1.54. The molecule has 5 nitrogen and oxygen atoms in total. The third kappa shape index (κ3) is 3.68. The van der Waals surface area contributed by atoms with Gasteiger partial charge in [-0.05, 0) is 23.3 Å². The molecule has 2 aromatic rings. The number of aromatic hydroxyl groups is 1. The van der Waals surface area contributed by atoms with Gasteiger partial charge in [-0.3, -0.25) is 4.79 Å². The monoisotopic (exact) mass is 387 g/mol. The Hall–Kier alpha value is -2.08. The first-order valence-electron chi connectivity index (χ1n) is 9.17. The van der Waals surface area contributed by atoms with Gasteiger partial charge in [0.1, 0.15) is 5.75 Å². The van der Waals surface area contributed by atoms with Gasteiger partial charge in [0.2, 0.25) is 0 Å². The maximum atomic E-state index is 13.2. The molecule has 0 saturated carbocycles. The second kappa shape index (κ2) is 7.50. The van der Waals surface area contributed by atoms with E-state index in [-0.39, 0.29) is 27.8 Å². The first kappa shape index (κ1) is 18.3. The van der Waals surface area contributed by atoms with E-state index < -0.39 is 0 Å². The fourth-order valence-corrected chi connectivity index (χ4v) is 4.01. The van der Waals surface area contributed by atoms with E-state index in [1.165, 1.54) is 0 Å². The molecule has 1 N–H and O–H groups in total. The summed E-state index contributed by atoms with van der Waals surface area (Å²) in [5.74, 6) is -0.393. The molecule has 0 bridgehead atoms. The maximum Gasteiger partial charge on any atom is 0.257 e. The van der Waals surface area contributed by atoms with Crippen LogP contribution in [0.4, 0.5) is 0 Å². The van der Waals surface area contributed by atoms with Crippen molar-refractivity contribution in [3.8, 4) is 16.9 Å². The maximum absolute atomic E-state index is 13.2. The first-order valence-corrected chi connectivity index (χ1v) is 9.55. The number of amides is 1. The lowest BCUT2D eigenvalue weighted by Crippen LogP contribution is -2.55. The van der Waals surface area contributed by atoms with Crippen molar-refractivity contribution in [2.75, 3.05) is 32.9 Å². The van der Waals surface area contributed by atoms with Crippen LogP contribution in [0.1, 0.15) is 23.2 Å². The summed E-state index contributed by atoms with van der Waals surface area (Å²) in [5, 5.41) is 10.6. The van der Waals surface area contributed by atoms with Crippen LogP contribution >= 0.6 is 11.6 Å². The Morgan fingerprint density at radius 1 is 1.07 bits per heavy atom. The van der Waals surface area contributed by atoms with Crippen LogP contribution in [0.2, 0.25) is 5.02 Å². The van der Waals surface area contributed by atoms with Gasteiger partial charge in [-0.2, -0.15) is 0 Å². The van der Waals surface area contributed by atoms with Gasteiger partial charge in [0.15, 0.2) is 0 Å². The van der Waals surface area contributed by atoms with Crippen LogP contribution in [0.25, 0.3) is 11.1 Å². The summed E-state index contributed by atoms with van der Waals surface area (Å²) in [6, 6.07) is 13.1. The van der Waals surface area contributed by atoms with E-state index in [0.29, 0.717) is 32.9 Å². The molecule has 0 aromatic heterocycles. The number of ether oxygens (including phenoxy) is 2. The van der Waals surface area contributed by atoms with Gasteiger partial charge < -0.3 is 19.5 Å². The number of hydrogen-bond donors (Lipinski definition) is 1. The fraction of sp³-hybridized carbons (Fsp3) is 0.381. The van der Waals surface area contributed by atoms with Gasteiger partial charge in [-0.1, -0.05) is 41.9 Å². The van der Waals surface area contributed by atoms with Crippen molar-refractivity contribution in [2.24, 2.45) is 0 Å². The molecule has 2 saturated heterocycles. The second-order valence-electron chi connectivity index (χ2n) is 7.09. The van der Waals surface area contributed by atoms with Gasteiger partial charge >= 0.3 is 0 Å². The van der Waals surface area contributed by atoms with E-state index in [1.807, 2.05) is 30.3 Å². The Kier molecular flexibility index (Phi) is 5.08. The summed E-state index contributed by atoms with van der Waals surface area (Å²) < 4.78 is 11.4. The number of carbonyl (C=O) groups excluding carboxylic acids is 1. The summed E-state index contributed by atoms with van der Waals surface area (Å²) in [6.45, 7) is 2.76. The molecule has 1 amide bonds. The van der Waals surface area contributed by atoms with Crippen molar-refractivity contribution in [2.45, 2.75) is 18.4 Å². The number of morpholine rings is 1. The molecule has 2 aliphatic heterocycles. The zero-order chi connectivity index (χ0) is 18.9. The normalized spacial score (nSPS) is 19.2. The van der Waals surface area contributed by atoms with Crippen molar-refractivity contribution in [3.63, 3.8) is 0 Å². The Labute approximate surface area is 163 Å². The minimum absolute atomic E-state index is 0.172. The topological polar surface area (TPSA) is 59.0 Å². The number of halogens is 1. The zero-order valence-corrected chi connectivity index (χ0v) is 15.7. The van der Waals surface area contributed by atoms with Crippen LogP contribution in [0.5, 0.6) is 5.75 Å². The van der Waals surface area contributed by atoms with E-state index >= 15 is 0 Å². The van der Waals surface area contributed by atoms with Crippen molar-refractivity contribution < 1.29 is 19.4 Å². The SMILES string of the molecule is O=C(c1cc(-c2ccccc2)cc(Cl)c1O)N1CCOC2(CCOCC2)C1. The number of carbonyl (C=O) groups is 1. The van der Waals surface area contributed by atoms with E-state index in [1.54, 1.807) is 17.0 Å². The number of phenols is 1. The standard InChI is InChI=1S/C21H22ClNO4/c22-18-13-16(15-4-2-1-3-5-15)12-17(19(18)24)20(25)23-8-11-27-21(14-23)6-9-26-10-7-21/h1-5,12-13,24H,6-11,14H2. The lowest BCUT2D eigenvalue weighted by molar-refractivity contribution is -0.146. The molecular formula is C21H22ClNO4. The lowest BCUT2D eigenvalue weighted by Gasteiger charge is -2.44. The Morgan fingerprint density at radius 3 is 2.56 bits per heavy atom. The number of phenolic OH excluding ortho intramolecular Hbond substituents is 1. The van der Waals surface area contributed by atoms with Crippen LogP contribution < -0.4 is 0 Å². The molecule has 1 spiro atoms. The highest BCUT2D eigenvalue weighted by Crippen LogP contribution is 2.36. The van der Waals surface area contributed by atoms with Gasteiger partial charge in [-0.25, -0.2) is 0 Å². The van der Waals surface area contributed by atoms with E-state index in [4.69, 9.17) is 21.1 Å². The molecule has 27 heavy (non-hydrogen) atoms. The van der Waals surface area contributed by atoms with Gasteiger partial charge in [0, 0.05) is 32.6 Å². The molecule has 2 fully saturated rings. The van der Waals surface area contributed by atoms with Gasteiger partial charge in [0.25, 0.3) is 5.91 Å². The quantitative estimate of drug-likeness (QED) is 0.852. The third-order valence-electron chi connectivity index (χ3n) is 5.34. The van der Waals surface area contributed by atoms with Crippen LogP contribution in [0.15, 0.2) is 42.5 Å². The highest BCUT2D eigenvalue weighted by molar-refractivity contribution is 6.33. The molecule has 142 valence electrons. The molecule has 0 radical (unpaired) electrons. The Bertz CT molecular complexity index is 828. The van der Waals surface area contributed by atoms with Crippen molar-refractivity contribution in [1.82, 2.24) is 4.90 Å². The number of nitrogens with zero attached hydrogens (tertiary/aromatic N) is 1. The number of benzene rings is 2. The second-order valence-corrected chi connectivity index (χ2v) is 7.50. The molecule has 2 heterocycles. The van der Waals surface area contributed by atoms with Crippen LogP contribution in [0.3, 0.4) is 0 Å². The van der Waals surface area contributed by atoms with Crippen LogP contribution in [0, 0.1) is 0 Å². The highest BCUT2D eigenvalue weighted by atomic mass is 35.5. The molecule has 0 atom stereocenters. The predicted octanol–water partition coefficient (Wildman–Crippen LogP) is 3.73.